The van der Waals surface area contributed by atoms with Gasteiger partial charge in [-0.1, -0.05) is 6.07 Å². The number of hydrogen-bond donors (Lipinski definition) is 1. The van der Waals surface area contributed by atoms with Crippen LogP contribution in [0.25, 0.3) is 0 Å². The molecule has 1 atom stereocenters. The predicted octanol–water partition coefficient (Wildman–Crippen LogP) is 1.29. The SMILES string of the molecule is COc1ccc([C@@H](C)C(N)=O)cc1OC. The molecule has 1 aromatic carbocycles. The van der Waals surface area contributed by atoms with Gasteiger partial charge in [0.1, 0.15) is 0 Å². The summed E-state index contributed by atoms with van der Waals surface area (Å²) < 4.78 is 10.2. The summed E-state index contributed by atoms with van der Waals surface area (Å²) in [6.45, 7) is 1.75. The molecule has 0 saturated carbocycles. The van der Waals surface area contributed by atoms with Gasteiger partial charge in [0.2, 0.25) is 5.91 Å². The normalized spacial score (nSPS) is 11.9. The Bertz CT molecular complexity index is 363. The first-order valence-electron chi connectivity index (χ1n) is 4.61. The molecule has 0 bridgehead atoms. The van der Waals surface area contributed by atoms with Gasteiger partial charge in [-0.05, 0) is 24.6 Å². The summed E-state index contributed by atoms with van der Waals surface area (Å²) in [6, 6.07) is 5.32. The highest BCUT2D eigenvalue weighted by molar-refractivity contribution is 5.81. The van der Waals surface area contributed by atoms with Gasteiger partial charge >= 0.3 is 0 Å². The predicted molar refractivity (Wildman–Crippen MR) is 57.2 cm³/mol. The molecule has 1 rings (SSSR count). The summed E-state index contributed by atoms with van der Waals surface area (Å²) >= 11 is 0. The highest BCUT2D eigenvalue weighted by atomic mass is 16.5. The monoisotopic (exact) mass is 209 g/mol. The number of methoxy groups -OCH3 is 2. The van der Waals surface area contributed by atoms with E-state index in [4.69, 9.17) is 15.2 Å². The van der Waals surface area contributed by atoms with Crippen LogP contribution in [0.5, 0.6) is 11.5 Å². The van der Waals surface area contributed by atoms with Crippen molar-refractivity contribution in [2.75, 3.05) is 14.2 Å². The molecule has 0 spiro atoms. The minimum atomic E-state index is -0.359. The summed E-state index contributed by atoms with van der Waals surface area (Å²) in [5.41, 5.74) is 6.04. The van der Waals surface area contributed by atoms with Crippen molar-refractivity contribution in [1.29, 1.82) is 0 Å². The van der Waals surface area contributed by atoms with Gasteiger partial charge in [-0.25, -0.2) is 0 Å². The van der Waals surface area contributed by atoms with Gasteiger partial charge in [0.05, 0.1) is 20.1 Å². The van der Waals surface area contributed by atoms with Crippen LogP contribution >= 0.6 is 0 Å². The van der Waals surface area contributed by atoms with Crippen molar-refractivity contribution in [3.05, 3.63) is 23.8 Å². The molecule has 0 heterocycles. The number of ether oxygens (including phenoxy) is 2. The van der Waals surface area contributed by atoms with Crippen LogP contribution in [0.3, 0.4) is 0 Å². The van der Waals surface area contributed by atoms with Crippen molar-refractivity contribution in [3.8, 4) is 11.5 Å². The summed E-state index contributed by atoms with van der Waals surface area (Å²) in [5.74, 6) is 0.549. The maximum absolute atomic E-state index is 11.0. The number of benzene rings is 1. The molecule has 15 heavy (non-hydrogen) atoms. The Morgan fingerprint density at radius 1 is 1.27 bits per heavy atom. The average Bonchev–Trinajstić information content (AvgIpc) is 2.26. The lowest BCUT2D eigenvalue weighted by atomic mass is 10.0. The first-order valence-corrected chi connectivity index (χ1v) is 4.61. The van der Waals surface area contributed by atoms with E-state index in [2.05, 4.69) is 0 Å². The van der Waals surface area contributed by atoms with Crippen LogP contribution in [0.2, 0.25) is 0 Å². The smallest absolute Gasteiger partial charge is 0.224 e. The Morgan fingerprint density at radius 2 is 1.87 bits per heavy atom. The second-order valence-corrected chi connectivity index (χ2v) is 3.24. The first-order chi connectivity index (χ1) is 7.10. The number of carbonyl (C=O) groups excluding carboxylic acids is 1. The number of amides is 1. The van der Waals surface area contributed by atoms with E-state index in [0.29, 0.717) is 11.5 Å². The number of primary amides is 1. The fourth-order valence-corrected chi connectivity index (χ4v) is 1.29. The zero-order valence-electron chi connectivity index (χ0n) is 9.11. The second kappa shape index (κ2) is 4.68. The lowest BCUT2D eigenvalue weighted by Crippen LogP contribution is -2.18. The van der Waals surface area contributed by atoms with E-state index in [0.717, 1.165) is 5.56 Å². The minimum Gasteiger partial charge on any atom is -0.493 e. The fourth-order valence-electron chi connectivity index (χ4n) is 1.29. The van der Waals surface area contributed by atoms with E-state index in [1.807, 2.05) is 0 Å². The summed E-state index contributed by atoms with van der Waals surface area (Å²) in [6.07, 6.45) is 0. The third-order valence-corrected chi connectivity index (χ3v) is 2.33. The van der Waals surface area contributed by atoms with Crippen LogP contribution in [0.1, 0.15) is 18.4 Å². The van der Waals surface area contributed by atoms with Crippen molar-refractivity contribution in [1.82, 2.24) is 0 Å². The molecule has 0 unspecified atom stereocenters. The Hall–Kier alpha value is -1.71. The Kier molecular flexibility index (Phi) is 3.55. The maximum atomic E-state index is 11.0. The third kappa shape index (κ3) is 2.40. The zero-order valence-corrected chi connectivity index (χ0v) is 9.11. The summed E-state index contributed by atoms with van der Waals surface area (Å²) in [7, 11) is 3.12. The lowest BCUT2D eigenvalue weighted by molar-refractivity contribution is -0.119. The Morgan fingerprint density at radius 3 is 2.33 bits per heavy atom. The molecule has 0 radical (unpaired) electrons. The third-order valence-electron chi connectivity index (χ3n) is 2.33. The van der Waals surface area contributed by atoms with E-state index in [1.54, 1.807) is 39.3 Å². The molecule has 4 heteroatoms. The standard InChI is InChI=1S/C11H15NO3/c1-7(11(12)13)8-4-5-9(14-2)10(6-8)15-3/h4-7H,1-3H3,(H2,12,13)/t7-/m1/s1. The van der Waals surface area contributed by atoms with Gasteiger partial charge in [-0.15, -0.1) is 0 Å². The highest BCUT2D eigenvalue weighted by Crippen LogP contribution is 2.30. The van der Waals surface area contributed by atoms with Crippen molar-refractivity contribution in [2.24, 2.45) is 5.73 Å². The second-order valence-electron chi connectivity index (χ2n) is 3.24. The van der Waals surface area contributed by atoms with Gasteiger partial charge in [0.25, 0.3) is 0 Å². The quantitative estimate of drug-likeness (QED) is 0.812. The van der Waals surface area contributed by atoms with Crippen molar-refractivity contribution >= 4 is 5.91 Å². The molecule has 0 aromatic heterocycles. The van der Waals surface area contributed by atoms with Gasteiger partial charge in [0, 0.05) is 0 Å². The Balaban J connectivity index is 3.07. The van der Waals surface area contributed by atoms with Crippen molar-refractivity contribution in [3.63, 3.8) is 0 Å². The molecule has 0 fully saturated rings. The van der Waals surface area contributed by atoms with Crippen LogP contribution in [0.4, 0.5) is 0 Å². The van der Waals surface area contributed by atoms with Crippen LogP contribution in [0.15, 0.2) is 18.2 Å². The van der Waals surface area contributed by atoms with Crippen LogP contribution in [0, 0.1) is 0 Å². The average molecular weight is 209 g/mol. The molecule has 0 saturated heterocycles. The van der Waals surface area contributed by atoms with Crippen molar-refractivity contribution in [2.45, 2.75) is 12.8 Å². The molecule has 0 aliphatic rings. The lowest BCUT2D eigenvalue weighted by Gasteiger charge is -2.12. The summed E-state index contributed by atoms with van der Waals surface area (Å²) in [4.78, 5) is 11.0. The van der Waals surface area contributed by atoms with Gasteiger partial charge < -0.3 is 15.2 Å². The zero-order chi connectivity index (χ0) is 11.4. The fraction of sp³-hybridized carbons (Fsp3) is 0.364. The van der Waals surface area contributed by atoms with Crippen LogP contribution < -0.4 is 15.2 Å². The van der Waals surface area contributed by atoms with E-state index in [9.17, 15) is 4.79 Å². The molecule has 4 nitrogen and oxygen atoms in total. The van der Waals surface area contributed by atoms with E-state index in [1.165, 1.54) is 0 Å². The van der Waals surface area contributed by atoms with Gasteiger partial charge in [-0.2, -0.15) is 0 Å². The van der Waals surface area contributed by atoms with Gasteiger partial charge in [-0.3, -0.25) is 4.79 Å². The number of rotatable bonds is 4. The maximum Gasteiger partial charge on any atom is 0.224 e. The molecule has 1 amide bonds. The molecule has 2 N–H and O–H groups in total. The largest absolute Gasteiger partial charge is 0.493 e. The van der Waals surface area contributed by atoms with E-state index < -0.39 is 0 Å². The molecule has 82 valence electrons. The number of hydrogen-bond acceptors (Lipinski definition) is 3. The number of carbonyl (C=O) groups is 1. The van der Waals surface area contributed by atoms with Crippen molar-refractivity contribution < 1.29 is 14.3 Å². The van der Waals surface area contributed by atoms with Gasteiger partial charge in [0.15, 0.2) is 11.5 Å². The molecule has 0 aliphatic carbocycles. The molecule has 0 aliphatic heterocycles. The summed E-state index contributed by atoms with van der Waals surface area (Å²) in [5, 5.41) is 0. The Labute approximate surface area is 89.0 Å². The first kappa shape index (κ1) is 11.4. The number of nitrogens with two attached hydrogens (primary N) is 1. The topological polar surface area (TPSA) is 61.5 Å². The van der Waals surface area contributed by atoms with Crippen LogP contribution in [-0.2, 0) is 4.79 Å². The molecule has 1 aromatic rings. The minimum absolute atomic E-state index is 0.329. The van der Waals surface area contributed by atoms with E-state index >= 15 is 0 Å². The van der Waals surface area contributed by atoms with E-state index in [-0.39, 0.29) is 11.8 Å². The molecular weight excluding hydrogens is 194 g/mol. The van der Waals surface area contributed by atoms with Crippen LogP contribution in [-0.4, -0.2) is 20.1 Å². The molecular formula is C11H15NO3. The highest BCUT2D eigenvalue weighted by Gasteiger charge is 2.14.